The van der Waals surface area contributed by atoms with E-state index in [-0.39, 0.29) is 5.78 Å². The van der Waals surface area contributed by atoms with Gasteiger partial charge in [-0.25, -0.2) is 0 Å². The average molecular weight is 307 g/mol. The molecule has 0 aromatic heterocycles. The summed E-state index contributed by atoms with van der Waals surface area (Å²) in [5.74, 6) is -0.122. The number of carbonyl (C=O) groups is 1. The molecule has 0 bridgehead atoms. The summed E-state index contributed by atoms with van der Waals surface area (Å²) in [7, 11) is -1.41. The number of benzene rings is 2. The maximum Gasteiger partial charge on any atom is 0.178 e. The summed E-state index contributed by atoms with van der Waals surface area (Å²) in [4.78, 5) is 12.9. The molecule has 0 radical (unpaired) electrons. The maximum absolute atomic E-state index is 12.4. The van der Waals surface area contributed by atoms with E-state index in [9.17, 15) is 9.00 Å². The van der Waals surface area contributed by atoms with Gasteiger partial charge in [0.1, 0.15) is 0 Å². The van der Waals surface area contributed by atoms with E-state index in [4.69, 9.17) is 11.6 Å². The van der Waals surface area contributed by atoms with Crippen molar-refractivity contribution in [2.45, 2.75) is 24.0 Å². The Morgan fingerprint density at radius 3 is 2.40 bits per heavy atom. The third-order valence-electron chi connectivity index (χ3n) is 3.05. The molecule has 0 amide bonds. The van der Waals surface area contributed by atoms with E-state index >= 15 is 0 Å². The van der Waals surface area contributed by atoms with Gasteiger partial charge >= 0.3 is 0 Å². The molecule has 0 saturated heterocycles. The Kier molecular flexibility index (Phi) is 4.73. The molecule has 104 valence electrons. The molecule has 0 aliphatic heterocycles. The molecule has 20 heavy (non-hydrogen) atoms. The van der Waals surface area contributed by atoms with Gasteiger partial charge in [0.2, 0.25) is 0 Å². The molecule has 2 nitrogen and oxygen atoms in total. The number of Topliss-reactive ketones (excluding diaryl/α,β-unsaturated/α-hetero) is 1. The first kappa shape index (κ1) is 14.9. The van der Waals surface area contributed by atoms with Crippen molar-refractivity contribution in [3.63, 3.8) is 0 Å². The summed E-state index contributed by atoms with van der Waals surface area (Å²) >= 11 is 5.89. The molecule has 2 unspecified atom stereocenters. The van der Waals surface area contributed by atoms with Gasteiger partial charge in [-0.05, 0) is 32.0 Å². The van der Waals surface area contributed by atoms with E-state index in [2.05, 4.69) is 0 Å². The number of aryl methyl sites for hydroxylation is 1. The van der Waals surface area contributed by atoms with Gasteiger partial charge in [0, 0.05) is 15.5 Å². The first-order valence-corrected chi connectivity index (χ1v) is 7.85. The minimum Gasteiger partial charge on any atom is -0.293 e. The fourth-order valence-corrected chi connectivity index (χ4v) is 3.30. The van der Waals surface area contributed by atoms with Crippen LogP contribution >= 0.6 is 11.6 Å². The Bertz CT molecular complexity index is 650. The standard InChI is InChI=1S/C16H15ClO2S/c1-11-6-8-13(9-7-11)16(18)12(2)20(19)15-5-3-4-14(17)10-15/h3-10,12H,1-2H3. The fraction of sp³-hybridized carbons (Fsp3) is 0.188. The summed E-state index contributed by atoms with van der Waals surface area (Å²) in [5, 5.41) is -0.0815. The van der Waals surface area contributed by atoms with Crippen LogP contribution in [-0.2, 0) is 10.8 Å². The average Bonchev–Trinajstić information content (AvgIpc) is 2.46. The molecule has 0 spiro atoms. The zero-order valence-electron chi connectivity index (χ0n) is 11.3. The van der Waals surface area contributed by atoms with E-state index in [0.717, 1.165) is 5.56 Å². The summed E-state index contributed by atoms with van der Waals surface area (Å²) in [6.07, 6.45) is 0. The molecule has 0 saturated carbocycles. The summed E-state index contributed by atoms with van der Waals surface area (Å²) < 4.78 is 12.4. The van der Waals surface area contributed by atoms with Gasteiger partial charge < -0.3 is 0 Å². The molecule has 2 atom stereocenters. The van der Waals surface area contributed by atoms with Crippen molar-refractivity contribution in [3.8, 4) is 0 Å². The second kappa shape index (κ2) is 6.33. The first-order chi connectivity index (χ1) is 9.49. The fourth-order valence-electron chi connectivity index (χ4n) is 1.85. The van der Waals surface area contributed by atoms with Crippen molar-refractivity contribution in [2.75, 3.05) is 0 Å². The minimum absolute atomic E-state index is 0.122. The molecular formula is C16H15ClO2S. The zero-order chi connectivity index (χ0) is 14.7. The third-order valence-corrected chi connectivity index (χ3v) is 4.86. The second-order valence-corrected chi connectivity index (χ2v) is 6.84. The van der Waals surface area contributed by atoms with Crippen LogP contribution in [0.5, 0.6) is 0 Å². The topological polar surface area (TPSA) is 34.1 Å². The lowest BCUT2D eigenvalue weighted by Crippen LogP contribution is -2.22. The van der Waals surface area contributed by atoms with Gasteiger partial charge in [-0.2, -0.15) is 0 Å². The van der Waals surface area contributed by atoms with E-state index in [1.807, 2.05) is 19.1 Å². The molecule has 0 N–H and O–H groups in total. The highest BCUT2D eigenvalue weighted by Gasteiger charge is 2.22. The Morgan fingerprint density at radius 2 is 1.80 bits per heavy atom. The van der Waals surface area contributed by atoms with Gasteiger partial charge in [-0.1, -0.05) is 47.5 Å². The zero-order valence-corrected chi connectivity index (χ0v) is 12.9. The monoisotopic (exact) mass is 306 g/mol. The molecule has 2 aromatic rings. The summed E-state index contributed by atoms with van der Waals surface area (Å²) in [5.41, 5.74) is 1.67. The number of halogens is 1. The van der Waals surface area contributed by atoms with Crippen LogP contribution in [0.4, 0.5) is 0 Å². The summed E-state index contributed by atoms with van der Waals surface area (Å²) in [6.45, 7) is 3.64. The van der Waals surface area contributed by atoms with E-state index in [1.165, 1.54) is 0 Å². The normalized spacial score (nSPS) is 13.8. The van der Waals surface area contributed by atoms with Crippen LogP contribution in [0, 0.1) is 6.92 Å². The first-order valence-electron chi connectivity index (χ1n) is 6.26. The van der Waals surface area contributed by atoms with Crippen LogP contribution in [0.1, 0.15) is 22.8 Å². The SMILES string of the molecule is Cc1ccc(C(=O)C(C)S(=O)c2cccc(Cl)c2)cc1. The highest BCUT2D eigenvalue weighted by molar-refractivity contribution is 7.86. The van der Waals surface area contributed by atoms with Gasteiger partial charge in [0.05, 0.1) is 16.0 Å². The Hall–Kier alpha value is -1.45. The smallest absolute Gasteiger partial charge is 0.178 e. The van der Waals surface area contributed by atoms with E-state index < -0.39 is 16.0 Å². The largest absolute Gasteiger partial charge is 0.293 e. The van der Waals surface area contributed by atoms with Crippen molar-refractivity contribution >= 4 is 28.2 Å². The van der Waals surface area contributed by atoms with Crippen LogP contribution in [0.3, 0.4) is 0 Å². The summed E-state index contributed by atoms with van der Waals surface area (Å²) in [6, 6.07) is 14.1. The Morgan fingerprint density at radius 1 is 1.15 bits per heavy atom. The van der Waals surface area contributed by atoms with Crippen LogP contribution in [0.15, 0.2) is 53.4 Å². The molecule has 0 aliphatic rings. The van der Waals surface area contributed by atoms with Crippen LogP contribution in [-0.4, -0.2) is 15.2 Å². The lowest BCUT2D eigenvalue weighted by Gasteiger charge is -2.11. The number of hydrogen-bond donors (Lipinski definition) is 0. The Balaban J connectivity index is 2.22. The minimum atomic E-state index is -1.41. The maximum atomic E-state index is 12.4. The molecule has 2 aromatic carbocycles. The van der Waals surface area contributed by atoms with Gasteiger partial charge in [-0.3, -0.25) is 9.00 Å². The number of ketones is 1. The molecule has 4 heteroatoms. The number of hydrogen-bond acceptors (Lipinski definition) is 2. The van der Waals surface area contributed by atoms with Crippen molar-refractivity contribution in [3.05, 3.63) is 64.7 Å². The van der Waals surface area contributed by atoms with Crippen LogP contribution in [0.2, 0.25) is 5.02 Å². The van der Waals surface area contributed by atoms with Crippen LogP contribution < -0.4 is 0 Å². The molecule has 0 aliphatic carbocycles. The van der Waals surface area contributed by atoms with Crippen molar-refractivity contribution in [2.24, 2.45) is 0 Å². The number of carbonyl (C=O) groups excluding carboxylic acids is 1. The van der Waals surface area contributed by atoms with E-state index in [0.29, 0.717) is 15.5 Å². The van der Waals surface area contributed by atoms with E-state index in [1.54, 1.807) is 43.3 Å². The van der Waals surface area contributed by atoms with Crippen LogP contribution in [0.25, 0.3) is 0 Å². The van der Waals surface area contributed by atoms with Gasteiger partial charge in [0.25, 0.3) is 0 Å². The van der Waals surface area contributed by atoms with Crippen molar-refractivity contribution < 1.29 is 9.00 Å². The molecule has 0 heterocycles. The lowest BCUT2D eigenvalue weighted by molar-refractivity contribution is 0.0992. The van der Waals surface area contributed by atoms with Gasteiger partial charge in [0.15, 0.2) is 5.78 Å². The lowest BCUT2D eigenvalue weighted by atomic mass is 10.1. The quantitative estimate of drug-likeness (QED) is 0.799. The molecular weight excluding hydrogens is 292 g/mol. The predicted molar refractivity (Wildman–Crippen MR) is 82.8 cm³/mol. The van der Waals surface area contributed by atoms with Gasteiger partial charge in [-0.15, -0.1) is 0 Å². The highest BCUT2D eigenvalue weighted by atomic mass is 35.5. The number of rotatable bonds is 4. The molecule has 2 rings (SSSR count). The predicted octanol–water partition coefficient (Wildman–Crippen LogP) is 4.03. The van der Waals surface area contributed by atoms with Crippen molar-refractivity contribution in [1.82, 2.24) is 0 Å². The second-order valence-electron chi connectivity index (χ2n) is 4.63. The molecule has 0 fully saturated rings. The third kappa shape index (κ3) is 3.35. The Labute approximate surface area is 126 Å². The van der Waals surface area contributed by atoms with Crippen molar-refractivity contribution in [1.29, 1.82) is 0 Å². The highest BCUT2D eigenvalue weighted by Crippen LogP contribution is 2.19.